The number of fused-ring (bicyclic) bond motifs is 3. The second-order valence-electron chi connectivity index (χ2n) is 11.9. The maximum Gasteiger partial charge on any atom is 0.414 e. The van der Waals surface area contributed by atoms with Crippen LogP contribution in [0.5, 0.6) is 0 Å². The minimum Gasteiger partial charge on any atom is -0.444 e. The molecule has 0 aliphatic rings. The van der Waals surface area contributed by atoms with Crippen molar-refractivity contribution in [3.05, 3.63) is 76.8 Å². The first-order chi connectivity index (χ1) is 19.8. The minimum atomic E-state index is -0.737. The van der Waals surface area contributed by atoms with Gasteiger partial charge in [-0.15, -0.1) is 0 Å². The topological polar surface area (TPSA) is 117 Å². The third kappa shape index (κ3) is 8.88. The molecule has 1 aromatic heterocycles. The number of H-pyrrole nitrogens is 1. The zero-order chi connectivity index (χ0) is 30.5. The molecule has 0 saturated carbocycles. The number of aromatic amines is 1. The smallest absolute Gasteiger partial charge is 0.414 e. The van der Waals surface area contributed by atoms with Crippen LogP contribution < -0.4 is 16.0 Å². The van der Waals surface area contributed by atoms with Crippen molar-refractivity contribution < 1.29 is 19.1 Å². The second-order valence-corrected chi connectivity index (χ2v) is 12.4. The summed E-state index contributed by atoms with van der Waals surface area (Å²) < 4.78 is 10.7. The van der Waals surface area contributed by atoms with Crippen molar-refractivity contribution in [1.82, 2.24) is 15.6 Å². The first kappa shape index (κ1) is 30.7. The Labute approximate surface area is 251 Å². The van der Waals surface area contributed by atoms with Gasteiger partial charge in [0.15, 0.2) is 0 Å². The molecule has 0 atom stereocenters. The average molecular weight is 592 g/mol. The van der Waals surface area contributed by atoms with Crippen LogP contribution in [-0.2, 0) is 22.4 Å². The molecule has 222 valence electrons. The summed E-state index contributed by atoms with van der Waals surface area (Å²) in [5.74, 6) is -0.0588. The van der Waals surface area contributed by atoms with Crippen LogP contribution in [0.4, 0.5) is 15.3 Å². The lowest BCUT2D eigenvalue weighted by Gasteiger charge is -2.22. The predicted molar refractivity (Wildman–Crippen MR) is 169 cm³/mol. The van der Waals surface area contributed by atoms with Crippen molar-refractivity contribution in [1.29, 1.82) is 0 Å². The number of hydrogen-bond acceptors (Lipinski definition) is 6. The molecule has 0 bridgehead atoms. The van der Waals surface area contributed by atoms with Gasteiger partial charge < -0.3 is 19.8 Å². The molecular weight excluding hydrogens is 554 g/mol. The van der Waals surface area contributed by atoms with Gasteiger partial charge in [-0.2, -0.15) is 0 Å². The van der Waals surface area contributed by atoms with Gasteiger partial charge in [0, 0.05) is 45.6 Å². The first-order valence-corrected chi connectivity index (χ1v) is 14.2. The van der Waals surface area contributed by atoms with E-state index in [-0.39, 0.29) is 12.5 Å². The molecular formula is C32H38ClN5O4. The number of carbonyl (C=O) groups excluding carboxylic acids is 2. The molecule has 0 unspecified atom stereocenters. The molecule has 42 heavy (non-hydrogen) atoms. The van der Waals surface area contributed by atoms with Crippen molar-refractivity contribution >= 4 is 57.2 Å². The number of nitrogens with zero attached hydrogens (tertiary/aromatic N) is 1. The molecule has 0 saturated heterocycles. The number of carbonyl (C=O) groups is 2. The van der Waals surface area contributed by atoms with Gasteiger partial charge >= 0.3 is 12.2 Å². The van der Waals surface area contributed by atoms with Crippen molar-refractivity contribution in [3.63, 3.8) is 0 Å². The van der Waals surface area contributed by atoms with E-state index in [1.165, 1.54) is 0 Å². The Hall–Kier alpha value is -4.24. The predicted octanol–water partition coefficient (Wildman–Crippen LogP) is 7.53. The molecule has 0 fully saturated rings. The highest BCUT2D eigenvalue weighted by Gasteiger charge is 2.21. The van der Waals surface area contributed by atoms with Crippen LogP contribution in [0, 0.1) is 0 Å². The lowest BCUT2D eigenvalue weighted by Crippen LogP contribution is -2.47. The number of ether oxygens (including phenoxy) is 2. The molecule has 0 radical (unpaired) electrons. The zero-order valence-corrected chi connectivity index (χ0v) is 25.6. The third-order valence-corrected chi connectivity index (χ3v) is 6.22. The van der Waals surface area contributed by atoms with E-state index in [1.807, 2.05) is 36.4 Å². The lowest BCUT2D eigenvalue weighted by atomic mass is 10.0. The van der Waals surface area contributed by atoms with E-state index in [1.54, 1.807) is 41.5 Å². The van der Waals surface area contributed by atoms with Crippen LogP contribution in [0.1, 0.15) is 52.7 Å². The minimum absolute atomic E-state index is 0.0588. The summed E-state index contributed by atoms with van der Waals surface area (Å²) in [5.41, 5.74) is 3.61. The molecule has 0 spiro atoms. The molecule has 0 aliphatic heterocycles. The van der Waals surface area contributed by atoms with Crippen molar-refractivity contribution in [3.8, 4) is 0 Å². The number of benzene rings is 3. The van der Waals surface area contributed by atoms with Crippen LogP contribution in [0.3, 0.4) is 0 Å². The fraction of sp³-hybridized carbons (Fsp3) is 0.344. The summed E-state index contributed by atoms with van der Waals surface area (Å²) in [6.45, 7) is 11.4. The van der Waals surface area contributed by atoms with Gasteiger partial charge in [-0.25, -0.2) is 9.59 Å². The number of nitrogens with one attached hydrogen (secondary N) is 4. The fourth-order valence-corrected chi connectivity index (χ4v) is 4.52. The number of anilines is 1. The van der Waals surface area contributed by atoms with Gasteiger partial charge in [-0.05, 0) is 89.4 Å². The Kier molecular flexibility index (Phi) is 9.31. The number of amides is 2. The summed E-state index contributed by atoms with van der Waals surface area (Å²) in [7, 11) is 0. The fourth-order valence-electron chi connectivity index (χ4n) is 4.34. The van der Waals surface area contributed by atoms with Crippen LogP contribution in [0.2, 0.25) is 5.02 Å². The highest BCUT2D eigenvalue weighted by molar-refractivity contribution is 6.31. The number of aromatic nitrogens is 1. The van der Waals surface area contributed by atoms with Crippen molar-refractivity contribution in [2.24, 2.45) is 4.99 Å². The molecule has 9 nitrogen and oxygen atoms in total. The van der Waals surface area contributed by atoms with E-state index in [0.717, 1.165) is 38.6 Å². The van der Waals surface area contributed by atoms with Crippen LogP contribution in [0.15, 0.2) is 65.7 Å². The van der Waals surface area contributed by atoms with E-state index >= 15 is 0 Å². The average Bonchev–Trinajstić information content (AvgIpc) is 3.23. The molecule has 1 heterocycles. The maximum atomic E-state index is 12.5. The number of halogens is 1. The van der Waals surface area contributed by atoms with E-state index in [2.05, 4.69) is 50.2 Å². The second kappa shape index (κ2) is 12.7. The first-order valence-electron chi connectivity index (χ1n) is 13.8. The summed E-state index contributed by atoms with van der Waals surface area (Å²) in [6.07, 6.45) is -0.966. The Bertz CT molecular complexity index is 1570. The lowest BCUT2D eigenvalue weighted by molar-refractivity contribution is 0.0545. The van der Waals surface area contributed by atoms with Crippen LogP contribution in [0.25, 0.3) is 21.8 Å². The van der Waals surface area contributed by atoms with Gasteiger partial charge in [-0.1, -0.05) is 41.9 Å². The van der Waals surface area contributed by atoms with Crippen LogP contribution >= 0.6 is 11.6 Å². The van der Waals surface area contributed by atoms with E-state index in [4.69, 9.17) is 21.1 Å². The third-order valence-electron chi connectivity index (χ3n) is 5.98. The van der Waals surface area contributed by atoms with E-state index < -0.39 is 23.4 Å². The van der Waals surface area contributed by atoms with Gasteiger partial charge in [0.05, 0.1) is 0 Å². The zero-order valence-electron chi connectivity index (χ0n) is 24.9. The number of hydrogen-bond donors (Lipinski definition) is 4. The highest BCUT2D eigenvalue weighted by atomic mass is 35.5. The van der Waals surface area contributed by atoms with Crippen molar-refractivity contribution in [2.75, 3.05) is 11.9 Å². The van der Waals surface area contributed by atoms with Gasteiger partial charge in [0.1, 0.15) is 11.2 Å². The number of alkyl carbamates (subject to hydrolysis) is 2. The number of guanidine groups is 1. The molecule has 4 N–H and O–H groups in total. The Morgan fingerprint density at radius 3 is 2.12 bits per heavy atom. The molecule has 0 aliphatic carbocycles. The Balaban J connectivity index is 1.62. The Morgan fingerprint density at radius 1 is 0.857 bits per heavy atom. The monoisotopic (exact) mass is 591 g/mol. The standard InChI is InChI=1S/C32H38ClN5O4/c1-31(2,3)41-29(39)37-28(38-30(40)42-32(4,5)6)34-15-14-21-16-23(35-19-20-10-8-7-9-11-20)18-25-24-17-22(33)12-13-26(24)36-27(21)25/h7-13,16-18,35-36H,14-15,19H2,1-6H3,(H2,34,37,38,39,40). The number of aliphatic imine (C=N–C) groups is 1. The quantitative estimate of drug-likeness (QED) is 0.136. The van der Waals surface area contributed by atoms with Gasteiger partial charge in [-0.3, -0.25) is 15.6 Å². The van der Waals surface area contributed by atoms with Crippen LogP contribution in [-0.4, -0.2) is 40.9 Å². The highest BCUT2D eigenvalue weighted by Crippen LogP contribution is 2.33. The molecule has 3 aromatic carbocycles. The van der Waals surface area contributed by atoms with E-state index in [9.17, 15) is 9.59 Å². The SMILES string of the molecule is CC(C)(C)OC(=O)NC(=NCCc1cc(NCc2ccccc2)cc2c1[nH]c1ccc(Cl)cc12)NC(=O)OC(C)(C)C. The summed E-state index contributed by atoms with van der Waals surface area (Å²) >= 11 is 6.34. The molecule has 4 aromatic rings. The maximum absolute atomic E-state index is 12.5. The van der Waals surface area contributed by atoms with E-state index in [0.29, 0.717) is 18.0 Å². The Morgan fingerprint density at radius 2 is 1.50 bits per heavy atom. The molecule has 2 amide bonds. The van der Waals surface area contributed by atoms with Gasteiger partial charge in [0.2, 0.25) is 5.96 Å². The molecule has 4 rings (SSSR count). The molecule has 10 heteroatoms. The summed E-state index contributed by atoms with van der Waals surface area (Å²) in [5, 5.41) is 11.3. The van der Waals surface area contributed by atoms with Crippen molar-refractivity contribution in [2.45, 2.75) is 65.7 Å². The largest absolute Gasteiger partial charge is 0.444 e. The normalized spacial score (nSPS) is 11.7. The number of rotatable bonds is 6. The van der Waals surface area contributed by atoms with Gasteiger partial charge in [0.25, 0.3) is 0 Å². The summed E-state index contributed by atoms with van der Waals surface area (Å²) in [4.78, 5) is 33.0. The summed E-state index contributed by atoms with van der Waals surface area (Å²) in [6, 6.07) is 20.1.